The second-order valence-electron chi connectivity index (χ2n) is 3.99. The van der Waals surface area contributed by atoms with Crippen molar-refractivity contribution in [2.75, 3.05) is 0 Å². The highest BCUT2D eigenvalue weighted by Gasteiger charge is 1.86. The molecule has 0 radical (unpaired) electrons. The Bertz CT molecular complexity index is 294. The van der Waals surface area contributed by atoms with Gasteiger partial charge in [-0.1, -0.05) is 67.2 Å². The van der Waals surface area contributed by atoms with Crippen LogP contribution in [0.5, 0.6) is 0 Å². The molecule has 0 aliphatic heterocycles. The van der Waals surface area contributed by atoms with Crippen molar-refractivity contribution in [1.29, 1.82) is 0 Å². The van der Waals surface area contributed by atoms with Gasteiger partial charge in [0.25, 0.3) is 0 Å². The summed E-state index contributed by atoms with van der Waals surface area (Å²) < 4.78 is 0. The van der Waals surface area contributed by atoms with Gasteiger partial charge in [-0.2, -0.15) is 0 Å². The highest BCUT2D eigenvalue weighted by molar-refractivity contribution is 5.21. The van der Waals surface area contributed by atoms with Crippen LogP contribution in [-0.4, -0.2) is 0 Å². The van der Waals surface area contributed by atoms with Crippen LogP contribution in [0, 0.1) is 5.92 Å². The van der Waals surface area contributed by atoms with E-state index >= 15 is 0 Å². The molecule has 0 saturated carbocycles. The van der Waals surface area contributed by atoms with Gasteiger partial charge >= 0.3 is 0 Å². The monoisotopic (exact) mass is 202 g/mol. The summed E-state index contributed by atoms with van der Waals surface area (Å²) in [7, 11) is 0. The van der Waals surface area contributed by atoms with E-state index in [9.17, 15) is 0 Å². The average molecular weight is 202 g/mol. The third-order valence-electron chi connectivity index (χ3n) is 1.94. The van der Waals surface area contributed by atoms with Crippen LogP contribution in [0.25, 0.3) is 0 Å². The minimum absolute atomic E-state index is 0.467. The molecule has 82 valence electrons. The Kier molecular flexibility index (Phi) is 7.35. The molecule has 0 rings (SSSR count). The first-order chi connectivity index (χ1) is 7.06. The lowest BCUT2D eigenvalue weighted by Gasteiger charge is -1.95. The lowest BCUT2D eigenvalue weighted by molar-refractivity contribution is 0.940. The summed E-state index contributed by atoms with van der Waals surface area (Å²) in [6, 6.07) is 0. The Labute approximate surface area is 94.4 Å². The molecule has 0 N–H and O–H groups in total. The Morgan fingerprint density at radius 1 is 1.00 bits per heavy atom. The molecule has 0 amide bonds. The molecule has 1 atom stereocenters. The Morgan fingerprint density at radius 3 is 2.00 bits per heavy atom. The van der Waals surface area contributed by atoms with Crippen molar-refractivity contribution < 1.29 is 0 Å². The molecule has 0 bridgehead atoms. The fourth-order valence-corrected chi connectivity index (χ4v) is 0.938. The van der Waals surface area contributed by atoms with Gasteiger partial charge in [-0.25, -0.2) is 0 Å². The quantitative estimate of drug-likeness (QED) is 0.560. The summed E-state index contributed by atoms with van der Waals surface area (Å²) in [5, 5.41) is 0. The molecule has 0 aliphatic carbocycles. The first-order valence-electron chi connectivity index (χ1n) is 5.35. The molecule has 0 heteroatoms. The van der Waals surface area contributed by atoms with Gasteiger partial charge in [0.15, 0.2) is 0 Å². The largest absolute Gasteiger partial charge is 0.0988 e. The molecule has 0 aromatic heterocycles. The summed E-state index contributed by atoms with van der Waals surface area (Å²) in [4.78, 5) is 0. The molecule has 0 aromatic carbocycles. The summed E-state index contributed by atoms with van der Waals surface area (Å²) in [5.74, 6) is 0.467. The van der Waals surface area contributed by atoms with Gasteiger partial charge < -0.3 is 0 Å². The topological polar surface area (TPSA) is 0 Å². The van der Waals surface area contributed by atoms with E-state index in [1.165, 1.54) is 11.1 Å². The van der Waals surface area contributed by atoms with E-state index in [2.05, 4.69) is 63.8 Å². The Balaban J connectivity index is 4.14. The molecule has 0 fully saturated rings. The SMILES string of the molecule is C=C/C(C)=C/C=C/C(C)/C=C\C=C(C)C. The van der Waals surface area contributed by atoms with E-state index in [0.717, 1.165) is 0 Å². The highest BCUT2D eigenvalue weighted by Crippen LogP contribution is 2.02. The van der Waals surface area contributed by atoms with Crippen LogP contribution in [0.15, 0.2) is 60.3 Å². The molecule has 0 saturated heterocycles. The van der Waals surface area contributed by atoms with Crippen LogP contribution in [-0.2, 0) is 0 Å². The Hall–Kier alpha value is -1.30. The van der Waals surface area contributed by atoms with Gasteiger partial charge in [-0.3, -0.25) is 0 Å². The fraction of sp³-hybridized carbons (Fsp3) is 0.333. The van der Waals surface area contributed by atoms with Crippen molar-refractivity contribution >= 4 is 0 Å². The van der Waals surface area contributed by atoms with E-state index in [-0.39, 0.29) is 0 Å². The van der Waals surface area contributed by atoms with Gasteiger partial charge in [-0.05, 0) is 26.7 Å². The standard InChI is InChI=1S/C15H22/c1-6-14(4)10-8-12-15(5)11-7-9-13(2)3/h6-12,15H,1H2,2-5H3/b11-7-,12-8+,14-10+. The predicted molar refractivity (Wildman–Crippen MR) is 70.8 cm³/mol. The summed E-state index contributed by atoms with van der Waals surface area (Å²) in [6.45, 7) is 12.1. The van der Waals surface area contributed by atoms with Crippen LogP contribution >= 0.6 is 0 Å². The predicted octanol–water partition coefficient (Wildman–Crippen LogP) is 4.83. The highest BCUT2D eigenvalue weighted by atomic mass is 13.9. The summed E-state index contributed by atoms with van der Waals surface area (Å²) in [6.07, 6.45) is 14.6. The zero-order chi connectivity index (χ0) is 11.7. The molecule has 0 heterocycles. The third-order valence-corrected chi connectivity index (χ3v) is 1.94. The minimum Gasteiger partial charge on any atom is -0.0988 e. The number of allylic oxidation sites excluding steroid dienone is 9. The van der Waals surface area contributed by atoms with E-state index < -0.39 is 0 Å². The van der Waals surface area contributed by atoms with Crippen LogP contribution in [0.1, 0.15) is 27.7 Å². The summed E-state index contributed by atoms with van der Waals surface area (Å²) in [5.41, 5.74) is 2.51. The van der Waals surface area contributed by atoms with Crippen LogP contribution in [0.4, 0.5) is 0 Å². The van der Waals surface area contributed by atoms with E-state index in [0.29, 0.717) is 5.92 Å². The maximum absolute atomic E-state index is 3.70. The third kappa shape index (κ3) is 9.01. The van der Waals surface area contributed by atoms with Gasteiger partial charge in [0.1, 0.15) is 0 Å². The fourth-order valence-electron chi connectivity index (χ4n) is 0.938. The molecule has 0 aromatic rings. The molecular formula is C15H22. The molecule has 15 heavy (non-hydrogen) atoms. The van der Waals surface area contributed by atoms with Crippen molar-refractivity contribution in [2.24, 2.45) is 5.92 Å². The van der Waals surface area contributed by atoms with Crippen LogP contribution in [0.2, 0.25) is 0 Å². The van der Waals surface area contributed by atoms with Gasteiger partial charge in [0.2, 0.25) is 0 Å². The number of hydrogen-bond acceptors (Lipinski definition) is 0. The van der Waals surface area contributed by atoms with Gasteiger partial charge in [-0.15, -0.1) is 0 Å². The van der Waals surface area contributed by atoms with Crippen molar-refractivity contribution in [3.8, 4) is 0 Å². The number of rotatable bonds is 5. The van der Waals surface area contributed by atoms with E-state index in [4.69, 9.17) is 0 Å². The number of hydrogen-bond donors (Lipinski definition) is 0. The van der Waals surface area contributed by atoms with E-state index in [1.807, 2.05) is 13.0 Å². The first-order valence-corrected chi connectivity index (χ1v) is 5.35. The smallest absolute Gasteiger partial charge is 0.00756 e. The lowest BCUT2D eigenvalue weighted by Crippen LogP contribution is -1.80. The van der Waals surface area contributed by atoms with E-state index in [1.54, 1.807) is 0 Å². The zero-order valence-corrected chi connectivity index (χ0v) is 10.3. The van der Waals surface area contributed by atoms with Gasteiger partial charge in [0, 0.05) is 0 Å². The molecule has 1 unspecified atom stereocenters. The van der Waals surface area contributed by atoms with Crippen LogP contribution < -0.4 is 0 Å². The molecular weight excluding hydrogens is 180 g/mol. The maximum Gasteiger partial charge on any atom is -0.00756 e. The van der Waals surface area contributed by atoms with Crippen molar-refractivity contribution in [3.05, 3.63) is 60.3 Å². The zero-order valence-electron chi connectivity index (χ0n) is 10.3. The lowest BCUT2D eigenvalue weighted by atomic mass is 10.1. The summed E-state index contributed by atoms with van der Waals surface area (Å²) >= 11 is 0. The van der Waals surface area contributed by atoms with Gasteiger partial charge in [0.05, 0.1) is 0 Å². The minimum atomic E-state index is 0.467. The maximum atomic E-state index is 3.70. The molecule has 0 nitrogen and oxygen atoms in total. The van der Waals surface area contributed by atoms with Crippen molar-refractivity contribution in [2.45, 2.75) is 27.7 Å². The normalized spacial score (nSPS) is 14.5. The van der Waals surface area contributed by atoms with Crippen molar-refractivity contribution in [1.82, 2.24) is 0 Å². The second kappa shape index (κ2) is 8.05. The Morgan fingerprint density at radius 2 is 1.53 bits per heavy atom. The van der Waals surface area contributed by atoms with Crippen molar-refractivity contribution in [3.63, 3.8) is 0 Å². The average Bonchev–Trinajstić information content (AvgIpc) is 2.17. The molecule has 0 spiro atoms. The first kappa shape index (κ1) is 13.7. The molecule has 0 aliphatic rings. The second-order valence-corrected chi connectivity index (χ2v) is 3.99. The van der Waals surface area contributed by atoms with Crippen LogP contribution in [0.3, 0.4) is 0 Å².